The van der Waals surface area contributed by atoms with Crippen LogP contribution in [-0.4, -0.2) is 40.5 Å². The Labute approximate surface area is 171 Å². The Balaban J connectivity index is 1.96. The third-order valence-corrected chi connectivity index (χ3v) is 5.23. The monoisotopic (exact) mass is 395 g/mol. The SMILES string of the molecule is CCc1cccc(C)c1CNc1nc(C(=O)NCCOC)cn2c(C)c(C)nc12. The molecular formula is C22H29N5O2. The second kappa shape index (κ2) is 9.05. The first-order valence-corrected chi connectivity index (χ1v) is 9.90. The molecule has 0 fully saturated rings. The minimum atomic E-state index is -0.233. The number of hydrogen-bond donors (Lipinski definition) is 2. The topological polar surface area (TPSA) is 80.5 Å². The highest BCUT2D eigenvalue weighted by Gasteiger charge is 2.16. The molecule has 3 rings (SSSR count). The molecule has 1 aromatic carbocycles. The molecule has 2 aromatic heterocycles. The summed E-state index contributed by atoms with van der Waals surface area (Å²) in [6, 6.07) is 6.35. The van der Waals surface area contributed by atoms with Crippen LogP contribution in [0.25, 0.3) is 5.65 Å². The molecule has 7 nitrogen and oxygen atoms in total. The number of nitrogens with one attached hydrogen (secondary N) is 2. The van der Waals surface area contributed by atoms with E-state index < -0.39 is 0 Å². The average Bonchev–Trinajstić information content (AvgIpc) is 3.01. The largest absolute Gasteiger partial charge is 0.383 e. The Morgan fingerprint density at radius 1 is 1.21 bits per heavy atom. The molecular weight excluding hydrogens is 366 g/mol. The van der Waals surface area contributed by atoms with Gasteiger partial charge >= 0.3 is 0 Å². The summed E-state index contributed by atoms with van der Waals surface area (Å²) in [6.45, 7) is 9.73. The van der Waals surface area contributed by atoms with E-state index in [1.165, 1.54) is 16.7 Å². The lowest BCUT2D eigenvalue weighted by Gasteiger charge is -2.14. The molecule has 154 valence electrons. The molecule has 0 atom stereocenters. The van der Waals surface area contributed by atoms with Crippen LogP contribution < -0.4 is 10.6 Å². The zero-order valence-electron chi connectivity index (χ0n) is 17.8. The molecule has 0 aliphatic rings. The van der Waals surface area contributed by atoms with Crippen LogP contribution in [-0.2, 0) is 17.7 Å². The molecule has 29 heavy (non-hydrogen) atoms. The number of fused-ring (bicyclic) bond motifs is 1. The van der Waals surface area contributed by atoms with Crippen LogP contribution in [0, 0.1) is 20.8 Å². The lowest BCUT2D eigenvalue weighted by Crippen LogP contribution is -2.28. The van der Waals surface area contributed by atoms with Gasteiger partial charge in [0.2, 0.25) is 0 Å². The number of methoxy groups -OCH3 is 1. The lowest BCUT2D eigenvalue weighted by atomic mass is 10.00. The number of amides is 1. The van der Waals surface area contributed by atoms with Gasteiger partial charge in [-0.1, -0.05) is 25.1 Å². The number of hydrogen-bond acceptors (Lipinski definition) is 5. The van der Waals surface area contributed by atoms with Crippen LogP contribution in [0.5, 0.6) is 0 Å². The number of aryl methyl sites for hydroxylation is 4. The second-order valence-corrected chi connectivity index (χ2v) is 7.12. The number of rotatable bonds is 8. The van der Waals surface area contributed by atoms with Crippen molar-refractivity contribution in [3.05, 3.63) is 58.2 Å². The van der Waals surface area contributed by atoms with Gasteiger partial charge in [-0.25, -0.2) is 9.97 Å². The molecule has 0 saturated heterocycles. The zero-order valence-corrected chi connectivity index (χ0v) is 17.8. The third kappa shape index (κ3) is 4.40. The summed E-state index contributed by atoms with van der Waals surface area (Å²) < 4.78 is 6.93. The van der Waals surface area contributed by atoms with Gasteiger partial charge < -0.3 is 15.4 Å². The highest BCUT2D eigenvalue weighted by molar-refractivity contribution is 5.93. The van der Waals surface area contributed by atoms with E-state index in [9.17, 15) is 4.79 Å². The van der Waals surface area contributed by atoms with Crippen molar-refractivity contribution in [1.29, 1.82) is 0 Å². The number of ether oxygens (including phenoxy) is 1. The van der Waals surface area contributed by atoms with Crippen LogP contribution in [0.15, 0.2) is 24.4 Å². The van der Waals surface area contributed by atoms with E-state index >= 15 is 0 Å². The fourth-order valence-electron chi connectivity index (χ4n) is 3.38. The van der Waals surface area contributed by atoms with Crippen LogP contribution in [0.4, 0.5) is 5.82 Å². The van der Waals surface area contributed by atoms with Gasteiger partial charge in [-0.2, -0.15) is 0 Å². The smallest absolute Gasteiger partial charge is 0.271 e. The van der Waals surface area contributed by atoms with E-state index in [0.29, 0.717) is 31.2 Å². The van der Waals surface area contributed by atoms with Gasteiger partial charge in [-0.05, 0) is 43.9 Å². The maximum Gasteiger partial charge on any atom is 0.271 e. The Hall–Kier alpha value is -2.93. The summed E-state index contributed by atoms with van der Waals surface area (Å²) in [6.07, 6.45) is 2.70. The number of carbonyl (C=O) groups is 1. The van der Waals surface area contributed by atoms with Crippen LogP contribution in [0.1, 0.15) is 45.5 Å². The summed E-state index contributed by atoms with van der Waals surface area (Å²) in [5, 5.41) is 6.25. The molecule has 0 unspecified atom stereocenters. The van der Waals surface area contributed by atoms with E-state index in [-0.39, 0.29) is 5.91 Å². The molecule has 0 radical (unpaired) electrons. The predicted octanol–water partition coefficient (Wildman–Crippen LogP) is 3.21. The number of anilines is 1. The fourth-order valence-corrected chi connectivity index (χ4v) is 3.38. The Kier molecular flexibility index (Phi) is 6.49. The zero-order chi connectivity index (χ0) is 21.0. The number of imidazole rings is 1. The molecule has 0 aliphatic carbocycles. The van der Waals surface area contributed by atoms with Crippen molar-refractivity contribution in [2.45, 2.75) is 40.7 Å². The first kappa shape index (κ1) is 20.8. The van der Waals surface area contributed by atoms with Crippen molar-refractivity contribution in [1.82, 2.24) is 19.7 Å². The van der Waals surface area contributed by atoms with Crippen molar-refractivity contribution < 1.29 is 9.53 Å². The summed E-state index contributed by atoms with van der Waals surface area (Å²) in [5.41, 5.74) is 6.76. The molecule has 0 spiro atoms. The Morgan fingerprint density at radius 2 is 2.00 bits per heavy atom. The van der Waals surface area contributed by atoms with Gasteiger partial charge in [-0.3, -0.25) is 9.20 Å². The number of benzene rings is 1. The molecule has 2 N–H and O–H groups in total. The van der Waals surface area contributed by atoms with Crippen molar-refractivity contribution >= 4 is 17.4 Å². The molecule has 1 amide bonds. The van der Waals surface area contributed by atoms with E-state index in [2.05, 4.69) is 52.6 Å². The normalized spacial score (nSPS) is 11.1. The van der Waals surface area contributed by atoms with Gasteiger partial charge in [0.1, 0.15) is 5.69 Å². The third-order valence-electron chi connectivity index (χ3n) is 5.23. The summed E-state index contributed by atoms with van der Waals surface area (Å²) >= 11 is 0. The molecule has 0 saturated carbocycles. The van der Waals surface area contributed by atoms with E-state index in [1.54, 1.807) is 13.3 Å². The quantitative estimate of drug-likeness (QED) is 0.573. The maximum atomic E-state index is 12.6. The van der Waals surface area contributed by atoms with Gasteiger partial charge in [0.15, 0.2) is 11.5 Å². The van der Waals surface area contributed by atoms with Crippen molar-refractivity contribution in [2.75, 3.05) is 25.6 Å². The number of carbonyl (C=O) groups excluding carboxylic acids is 1. The minimum absolute atomic E-state index is 0.233. The number of nitrogens with zero attached hydrogens (tertiary/aromatic N) is 3. The molecule has 0 bridgehead atoms. The van der Waals surface area contributed by atoms with Crippen molar-refractivity contribution in [2.24, 2.45) is 0 Å². The summed E-state index contributed by atoms with van der Waals surface area (Å²) in [7, 11) is 1.60. The molecule has 2 heterocycles. The van der Waals surface area contributed by atoms with Crippen LogP contribution >= 0.6 is 0 Å². The van der Waals surface area contributed by atoms with Crippen molar-refractivity contribution in [3.8, 4) is 0 Å². The van der Waals surface area contributed by atoms with E-state index in [0.717, 1.165) is 23.5 Å². The minimum Gasteiger partial charge on any atom is -0.383 e. The first-order chi connectivity index (χ1) is 14.0. The Morgan fingerprint density at radius 3 is 2.72 bits per heavy atom. The van der Waals surface area contributed by atoms with Crippen LogP contribution in [0.2, 0.25) is 0 Å². The van der Waals surface area contributed by atoms with Crippen molar-refractivity contribution in [3.63, 3.8) is 0 Å². The summed E-state index contributed by atoms with van der Waals surface area (Å²) in [5.74, 6) is 0.369. The van der Waals surface area contributed by atoms with Gasteiger partial charge in [0.25, 0.3) is 5.91 Å². The predicted molar refractivity (Wildman–Crippen MR) is 115 cm³/mol. The molecule has 0 aliphatic heterocycles. The highest BCUT2D eigenvalue weighted by atomic mass is 16.5. The maximum absolute atomic E-state index is 12.6. The van der Waals surface area contributed by atoms with Gasteiger partial charge in [0.05, 0.1) is 12.3 Å². The Bertz CT molecular complexity index is 1030. The standard InChI is InChI=1S/C22H29N5O2/c1-6-17-9-7-8-14(2)18(17)12-24-20-21-25-15(3)16(4)27(21)13-19(26-20)22(28)23-10-11-29-5/h7-9,13H,6,10-12H2,1-5H3,(H,23,28)(H,24,26). The van der Waals surface area contributed by atoms with Crippen LogP contribution in [0.3, 0.4) is 0 Å². The average molecular weight is 396 g/mol. The van der Waals surface area contributed by atoms with E-state index in [4.69, 9.17) is 4.74 Å². The molecule has 3 aromatic rings. The summed E-state index contributed by atoms with van der Waals surface area (Å²) in [4.78, 5) is 21.8. The second-order valence-electron chi connectivity index (χ2n) is 7.12. The number of aromatic nitrogens is 3. The van der Waals surface area contributed by atoms with Gasteiger partial charge in [-0.15, -0.1) is 0 Å². The lowest BCUT2D eigenvalue weighted by molar-refractivity contribution is 0.0932. The van der Waals surface area contributed by atoms with Gasteiger partial charge in [0, 0.05) is 32.1 Å². The van der Waals surface area contributed by atoms with E-state index in [1.807, 2.05) is 18.2 Å². The highest BCUT2D eigenvalue weighted by Crippen LogP contribution is 2.21. The fraction of sp³-hybridized carbons (Fsp3) is 0.409. The molecule has 7 heteroatoms. The first-order valence-electron chi connectivity index (χ1n) is 9.90.